The Kier molecular flexibility index (Phi) is 2.37. The molecule has 0 amide bonds. The minimum atomic E-state index is 0.320. The predicted molar refractivity (Wildman–Crippen MR) is 53.8 cm³/mol. The molecule has 0 N–H and O–H groups in total. The molecule has 2 atom stereocenters. The average Bonchev–Trinajstić information content (AvgIpc) is 2.22. The van der Waals surface area contributed by atoms with Gasteiger partial charge in [0.15, 0.2) is 0 Å². The van der Waals surface area contributed by atoms with E-state index in [1.807, 2.05) is 0 Å². The molecule has 2 aliphatic heterocycles. The third-order valence-electron chi connectivity index (χ3n) is 3.34. The van der Waals surface area contributed by atoms with Crippen LogP contribution in [0.3, 0.4) is 0 Å². The first-order valence-electron chi connectivity index (χ1n) is 5.42. The van der Waals surface area contributed by atoms with Gasteiger partial charge in [0.05, 0.1) is 6.61 Å². The Morgan fingerprint density at radius 3 is 2.77 bits per heavy atom. The largest absolute Gasteiger partial charge is 0.380 e. The lowest BCUT2D eigenvalue weighted by molar-refractivity contribution is 0.0294. The summed E-state index contributed by atoms with van der Waals surface area (Å²) < 4.78 is 5.61. The number of nitrogens with zero attached hydrogens (tertiary/aromatic N) is 1. The van der Waals surface area contributed by atoms with Crippen molar-refractivity contribution in [2.45, 2.75) is 45.2 Å². The van der Waals surface area contributed by atoms with Crippen LogP contribution in [-0.4, -0.2) is 36.2 Å². The van der Waals surface area contributed by atoms with Gasteiger partial charge in [-0.2, -0.15) is 0 Å². The monoisotopic (exact) mass is 183 g/mol. The molecule has 0 aliphatic carbocycles. The second-order valence-corrected chi connectivity index (χ2v) is 5.44. The summed E-state index contributed by atoms with van der Waals surface area (Å²) in [6, 6.07) is 0.687. The summed E-state index contributed by atoms with van der Waals surface area (Å²) in [6.45, 7) is 10.2. The van der Waals surface area contributed by atoms with Gasteiger partial charge in [0.2, 0.25) is 0 Å². The van der Waals surface area contributed by atoms with Crippen LogP contribution in [0.25, 0.3) is 0 Å². The highest BCUT2D eigenvalue weighted by atomic mass is 16.5. The first kappa shape index (κ1) is 9.47. The third kappa shape index (κ3) is 1.89. The van der Waals surface area contributed by atoms with Gasteiger partial charge in [0.1, 0.15) is 0 Å². The summed E-state index contributed by atoms with van der Waals surface area (Å²) in [6.07, 6.45) is 2.63. The highest BCUT2D eigenvalue weighted by Crippen LogP contribution is 2.33. The van der Waals surface area contributed by atoms with Crippen molar-refractivity contribution >= 4 is 0 Å². The van der Waals surface area contributed by atoms with Crippen molar-refractivity contribution in [2.75, 3.05) is 19.8 Å². The van der Waals surface area contributed by atoms with Gasteiger partial charge in [-0.3, -0.25) is 4.90 Å². The van der Waals surface area contributed by atoms with Crippen molar-refractivity contribution in [3.63, 3.8) is 0 Å². The minimum Gasteiger partial charge on any atom is -0.380 e. The maximum Gasteiger partial charge on any atom is 0.0622 e. The summed E-state index contributed by atoms with van der Waals surface area (Å²) in [5.41, 5.74) is 0.320. The van der Waals surface area contributed by atoms with Crippen LogP contribution in [0.5, 0.6) is 0 Å². The molecular formula is C11H21NO. The Labute approximate surface area is 81.3 Å². The molecule has 2 aliphatic rings. The predicted octanol–water partition coefficient (Wildman–Crippen LogP) is 1.90. The topological polar surface area (TPSA) is 12.5 Å². The number of hydrogen-bond acceptors (Lipinski definition) is 2. The molecule has 13 heavy (non-hydrogen) atoms. The smallest absolute Gasteiger partial charge is 0.0622 e. The van der Waals surface area contributed by atoms with E-state index in [1.54, 1.807) is 0 Å². The van der Waals surface area contributed by atoms with E-state index in [2.05, 4.69) is 25.7 Å². The second kappa shape index (κ2) is 3.25. The number of ether oxygens (including phenoxy) is 1. The molecule has 0 radical (unpaired) electrons. The number of rotatable bonds is 0. The van der Waals surface area contributed by atoms with E-state index < -0.39 is 0 Å². The Morgan fingerprint density at radius 1 is 1.31 bits per heavy atom. The van der Waals surface area contributed by atoms with E-state index in [4.69, 9.17) is 4.74 Å². The lowest BCUT2D eigenvalue weighted by atomic mass is 10.0. The van der Waals surface area contributed by atoms with Crippen LogP contribution in [0.1, 0.15) is 33.6 Å². The molecule has 2 nitrogen and oxygen atoms in total. The van der Waals surface area contributed by atoms with Gasteiger partial charge in [-0.1, -0.05) is 0 Å². The minimum absolute atomic E-state index is 0.320. The molecule has 2 fully saturated rings. The zero-order valence-corrected chi connectivity index (χ0v) is 9.05. The standard InChI is InChI=1S/C11H21NO/c1-11(2,3)12-7-9-4-5-13-8-10(12)6-9/h9-10H,4-8H2,1-3H3. The summed E-state index contributed by atoms with van der Waals surface area (Å²) in [5, 5.41) is 0. The number of hydrogen-bond donors (Lipinski definition) is 0. The zero-order valence-electron chi connectivity index (χ0n) is 9.05. The van der Waals surface area contributed by atoms with Gasteiger partial charge in [-0.25, -0.2) is 0 Å². The molecule has 2 bridgehead atoms. The first-order valence-corrected chi connectivity index (χ1v) is 5.42. The molecule has 76 valence electrons. The highest BCUT2D eigenvalue weighted by Gasteiger charge is 2.39. The van der Waals surface area contributed by atoms with Crippen molar-refractivity contribution in [1.29, 1.82) is 0 Å². The first-order chi connectivity index (χ1) is 6.07. The van der Waals surface area contributed by atoms with Gasteiger partial charge in [-0.15, -0.1) is 0 Å². The fourth-order valence-corrected chi connectivity index (χ4v) is 2.67. The molecule has 2 rings (SSSR count). The van der Waals surface area contributed by atoms with Gasteiger partial charge in [-0.05, 0) is 39.5 Å². The van der Waals surface area contributed by atoms with Gasteiger partial charge < -0.3 is 4.74 Å². The zero-order chi connectivity index (χ0) is 9.47. The van der Waals surface area contributed by atoms with E-state index in [-0.39, 0.29) is 0 Å². The van der Waals surface area contributed by atoms with E-state index in [0.29, 0.717) is 11.6 Å². The van der Waals surface area contributed by atoms with Crippen molar-refractivity contribution in [2.24, 2.45) is 5.92 Å². The summed E-state index contributed by atoms with van der Waals surface area (Å²) in [4.78, 5) is 2.62. The SMILES string of the molecule is CC(C)(C)N1CC2CCOCC1C2. The fraction of sp³-hybridized carbons (Fsp3) is 1.00. The van der Waals surface area contributed by atoms with Crippen LogP contribution in [0, 0.1) is 5.92 Å². The Bertz CT molecular complexity index is 185. The van der Waals surface area contributed by atoms with Gasteiger partial charge >= 0.3 is 0 Å². The third-order valence-corrected chi connectivity index (χ3v) is 3.34. The van der Waals surface area contributed by atoms with Crippen molar-refractivity contribution in [3.8, 4) is 0 Å². The number of likely N-dealkylation sites (tertiary alicyclic amines) is 1. The van der Waals surface area contributed by atoms with Crippen LogP contribution < -0.4 is 0 Å². The van der Waals surface area contributed by atoms with Crippen LogP contribution in [0.2, 0.25) is 0 Å². The quantitative estimate of drug-likeness (QED) is 0.568. The molecular weight excluding hydrogens is 162 g/mol. The Morgan fingerprint density at radius 2 is 2.08 bits per heavy atom. The Hall–Kier alpha value is -0.0800. The molecule has 2 heteroatoms. The normalized spacial score (nSPS) is 36.2. The van der Waals surface area contributed by atoms with Crippen LogP contribution in [0.15, 0.2) is 0 Å². The summed E-state index contributed by atoms with van der Waals surface area (Å²) in [5.74, 6) is 0.895. The highest BCUT2D eigenvalue weighted by molar-refractivity contribution is 4.93. The van der Waals surface area contributed by atoms with Crippen LogP contribution in [0.4, 0.5) is 0 Å². The lowest BCUT2D eigenvalue weighted by Crippen LogP contribution is -2.46. The Balaban J connectivity index is 2.08. The van der Waals surface area contributed by atoms with Crippen molar-refractivity contribution in [3.05, 3.63) is 0 Å². The molecule has 0 spiro atoms. The average molecular weight is 183 g/mol. The molecule has 0 aromatic heterocycles. The van der Waals surface area contributed by atoms with Crippen molar-refractivity contribution < 1.29 is 4.74 Å². The molecule has 2 unspecified atom stereocenters. The van der Waals surface area contributed by atoms with Crippen molar-refractivity contribution in [1.82, 2.24) is 4.90 Å². The summed E-state index contributed by atoms with van der Waals surface area (Å²) >= 11 is 0. The molecule has 0 aromatic carbocycles. The molecule has 0 aromatic rings. The molecule has 2 heterocycles. The van der Waals surface area contributed by atoms with E-state index in [1.165, 1.54) is 19.4 Å². The van der Waals surface area contributed by atoms with Gasteiger partial charge in [0, 0.05) is 24.7 Å². The maximum absolute atomic E-state index is 5.61. The number of fused-ring (bicyclic) bond motifs is 2. The maximum atomic E-state index is 5.61. The van der Waals surface area contributed by atoms with E-state index in [0.717, 1.165) is 19.1 Å². The van der Waals surface area contributed by atoms with Crippen LogP contribution >= 0.6 is 0 Å². The van der Waals surface area contributed by atoms with E-state index in [9.17, 15) is 0 Å². The molecule has 0 saturated carbocycles. The van der Waals surface area contributed by atoms with Crippen LogP contribution in [-0.2, 0) is 4.74 Å². The summed E-state index contributed by atoms with van der Waals surface area (Å²) in [7, 11) is 0. The van der Waals surface area contributed by atoms with E-state index >= 15 is 0 Å². The van der Waals surface area contributed by atoms with Gasteiger partial charge in [0.25, 0.3) is 0 Å². The lowest BCUT2D eigenvalue weighted by Gasteiger charge is -2.37. The fourth-order valence-electron chi connectivity index (χ4n) is 2.67. The second-order valence-electron chi connectivity index (χ2n) is 5.44. The molecule has 2 saturated heterocycles.